The standard InChI is InChI=1S/C14H15N5O3/c1-22-8-12(20)19-5-2-9-11(7-19)17-13(18-14(9)21)10-6-15-3-4-16-10/h3-4,6H,2,5,7-8H2,1H3,(H,17,18,21). The first-order valence-corrected chi connectivity index (χ1v) is 6.84. The third-order valence-electron chi connectivity index (χ3n) is 3.50. The molecule has 0 radical (unpaired) electrons. The van der Waals surface area contributed by atoms with Gasteiger partial charge in [-0.1, -0.05) is 0 Å². The van der Waals surface area contributed by atoms with E-state index in [0.29, 0.717) is 42.3 Å². The van der Waals surface area contributed by atoms with Gasteiger partial charge in [-0.25, -0.2) is 9.97 Å². The summed E-state index contributed by atoms with van der Waals surface area (Å²) in [5, 5.41) is 0. The molecule has 3 heterocycles. The van der Waals surface area contributed by atoms with E-state index in [2.05, 4.69) is 19.9 Å². The van der Waals surface area contributed by atoms with Gasteiger partial charge in [0.2, 0.25) is 5.91 Å². The molecule has 114 valence electrons. The monoisotopic (exact) mass is 301 g/mol. The molecule has 0 saturated heterocycles. The average molecular weight is 301 g/mol. The number of nitrogens with one attached hydrogen (secondary N) is 1. The molecule has 0 fully saturated rings. The number of aromatic nitrogens is 4. The lowest BCUT2D eigenvalue weighted by Gasteiger charge is -2.27. The van der Waals surface area contributed by atoms with E-state index < -0.39 is 0 Å². The average Bonchev–Trinajstić information content (AvgIpc) is 2.55. The molecule has 0 atom stereocenters. The van der Waals surface area contributed by atoms with E-state index in [9.17, 15) is 9.59 Å². The van der Waals surface area contributed by atoms with Gasteiger partial charge < -0.3 is 14.6 Å². The van der Waals surface area contributed by atoms with Crippen molar-refractivity contribution in [2.45, 2.75) is 13.0 Å². The van der Waals surface area contributed by atoms with E-state index in [0.717, 1.165) is 0 Å². The molecule has 22 heavy (non-hydrogen) atoms. The van der Waals surface area contributed by atoms with Crippen LogP contribution in [-0.4, -0.2) is 51.0 Å². The van der Waals surface area contributed by atoms with Gasteiger partial charge in [0.25, 0.3) is 5.56 Å². The topological polar surface area (TPSA) is 101 Å². The Labute approximate surface area is 126 Å². The number of hydrogen-bond donors (Lipinski definition) is 1. The summed E-state index contributed by atoms with van der Waals surface area (Å²) >= 11 is 0. The predicted octanol–water partition coefficient (Wildman–Crippen LogP) is -0.242. The maximum atomic E-state index is 12.2. The highest BCUT2D eigenvalue weighted by Gasteiger charge is 2.24. The van der Waals surface area contributed by atoms with Crippen LogP contribution >= 0.6 is 0 Å². The van der Waals surface area contributed by atoms with E-state index >= 15 is 0 Å². The number of fused-ring (bicyclic) bond motifs is 1. The molecule has 2 aromatic heterocycles. The number of carbonyl (C=O) groups is 1. The number of amides is 1. The van der Waals surface area contributed by atoms with Crippen molar-refractivity contribution in [2.75, 3.05) is 20.3 Å². The van der Waals surface area contributed by atoms with Gasteiger partial charge in [-0.3, -0.25) is 14.6 Å². The maximum absolute atomic E-state index is 12.2. The number of hydrogen-bond acceptors (Lipinski definition) is 6. The van der Waals surface area contributed by atoms with E-state index in [1.807, 2.05) is 0 Å². The van der Waals surface area contributed by atoms with Crippen LogP contribution in [0.2, 0.25) is 0 Å². The Kier molecular flexibility index (Phi) is 3.92. The zero-order chi connectivity index (χ0) is 15.5. The summed E-state index contributed by atoms with van der Waals surface area (Å²) in [6.45, 7) is 0.814. The van der Waals surface area contributed by atoms with Crippen LogP contribution in [0.1, 0.15) is 11.3 Å². The zero-order valence-corrected chi connectivity index (χ0v) is 12.1. The summed E-state index contributed by atoms with van der Waals surface area (Å²) in [5.74, 6) is 0.245. The second kappa shape index (κ2) is 6.02. The van der Waals surface area contributed by atoms with Crippen molar-refractivity contribution in [3.63, 3.8) is 0 Å². The second-order valence-electron chi connectivity index (χ2n) is 4.93. The summed E-state index contributed by atoms with van der Waals surface area (Å²) in [4.78, 5) is 41.0. The van der Waals surface area contributed by atoms with Crippen molar-refractivity contribution in [2.24, 2.45) is 0 Å². The predicted molar refractivity (Wildman–Crippen MR) is 76.9 cm³/mol. The lowest BCUT2D eigenvalue weighted by Crippen LogP contribution is -2.40. The Morgan fingerprint density at radius 3 is 3.05 bits per heavy atom. The molecular formula is C14H15N5O3. The molecule has 0 aromatic carbocycles. The van der Waals surface area contributed by atoms with Crippen molar-refractivity contribution in [1.82, 2.24) is 24.8 Å². The van der Waals surface area contributed by atoms with Crippen molar-refractivity contribution in [1.29, 1.82) is 0 Å². The SMILES string of the molecule is COCC(=O)N1CCc2c(nc(-c3cnccn3)[nH]c2=O)C1. The van der Waals surface area contributed by atoms with E-state index in [1.54, 1.807) is 11.1 Å². The molecule has 1 aliphatic rings. The summed E-state index contributed by atoms with van der Waals surface area (Å²) in [7, 11) is 1.48. The highest BCUT2D eigenvalue weighted by Crippen LogP contribution is 2.17. The first kappa shape index (κ1) is 14.3. The molecule has 8 nitrogen and oxygen atoms in total. The zero-order valence-electron chi connectivity index (χ0n) is 12.1. The minimum atomic E-state index is -0.190. The van der Waals surface area contributed by atoms with Crippen LogP contribution in [0.3, 0.4) is 0 Å². The van der Waals surface area contributed by atoms with Gasteiger partial charge in [0.1, 0.15) is 12.3 Å². The van der Waals surface area contributed by atoms with Crippen LogP contribution in [0.4, 0.5) is 0 Å². The first-order valence-electron chi connectivity index (χ1n) is 6.84. The molecule has 1 aliphatic heterocycles. The molecule has 3 rings (SSSR count). The lowest BCUT2D eigenvalue weighted by atomic mass is 10.1. The van der Waals surface area contributed by atoms with Crippen molar-refractivity contribution < 1.29 is 9.53 Å². The van der Waals surface area contributed by atoms with Gasteiger partial charge in [-0.05, 0) is 6.42 Å². The Hall–Kier alpha value is -2.61. The van der Waals surface area contributed by atoms with Gasteiger partial charge in [-0.15, -0.1) is 0 Å². The minimum absolute atomic E-state index is 0.0234. The number of aromatic amines is 1. The molecule has 1 N–H and O–H groups in total. The fraction of sp³-hybridized carbons (Fsp3) is 0.357. The summed E-state index contributed by atoms with van der Waals surface area (Å²) in [6, 6.07) is 0. The van der Waals surface area contributed by atoms with Gasteiger partial charge >= 0.3 is 0 Å². The molecule has 2 aromatic rings. The summed E-state index contributed by atoms with van der Waals surface area (Å²) in [5.41, 5.74) is 1.52. The molecule has 0 aliphatic carbocycles. The number of carbonyl (C=O) groups excluding carboxylic acids is 1. The van der Waals surface area contributed by atoms with Gasteiger partial charge in [0.15, 0.2) is 5.82 Å². The normalized spacial score (nSPS) is 13.8. The molecule has 0 bridgehead atoms. The Bertz CT molecular complexity index is 744. The molecule has 0 unspecified atom stereocenters. The van der Waals surface area contributed by atoms with E-state index in [1.165, 1.54) is 19.5 Å². The van der Waals surface area contributed by atoms with Gasteiger partial charge in [0, 0.05) is 31.6 Å². The molecule has 1 amide bonds. The van der Waals surface area contributed by atoms with Crippen LogP contribution in [0.5, 0.6) is 0 Å². The Morgan fingerprint density at radius 2 is 2.32 bits per heavy atom. The molecular weight excluding hydrogens is 286 g/mol. The minimum Gasteiger partial charge on any atom is -0.375 e. The van der Waals surface area contributed by atoms with E-state index in [4.69, 9.17) is 4.74 Å². The molecule has 8 heteroatoms. The van der Waals surface area contributed by atoms with Crippen LogP contribution < -0.4 is 5.56 Å². The van der Waals surface area contributed by atoms with Crippen LogP contribution in [-0.2, 0) is 22.5 Å². The third kappa shape index (κ3) is 2.73. The number of methoxy groups -OCH3 is 1. The second-order valence-corrected chi connectivity index (χ2v) is 4.93. The van der Waals surface area contributed by atoms with Crippen LogP contribution in [0.25, 0.3) is 11.5 Å². The summed E-state index contributed by atoms with van der Waals surface area (Å²) < 4.78 is 4.86. The first-order chi connectivity index (χ1) is 10.7. The number of H-pyrrole nitrogens is 1. The number of nitrogens with zero attached hydrogens (tertiary/aromatic N) is 4. The fourth-order valence-electron chi connectivity index (χ4n) is 2.41. The van der Waals surface area contributed by atoms with Gasteiger partial charge in [-0.2, -0.15) is 0 Å². The van der Waals surface area contributed by atoms with Crippen molar-refractivity contribution in [3.8, 4) is 11.5 Å². The van der Waals surface area contributed by atoms with Crippen LogP contribution in [0.15, 0.2) is 23.4 Å². The number of ether oxygens (including phenoxy) is 1. The van der Waals surface area contributed by atoms with Crippen LogP contribution in [0, 0.1) is 0 Å². The third-order valence-corrected chi connectivity index (χ3v) is 3.50. The molecule has 0 spiro atoms. The summed E-state index contributed by atoms with van der Waals surface area (Å²) in [6.07, 6.45) is 5.09. The quantitative estimate of drug-likeness (QED) is 0.839. The van der Waals surface area contributed by atoms with E-state index in [-0.39, 0.29) is 18.1 Å². The van der Waals surface area contributed by atoms with Crippen molar-refractivity contribution >= 4 is 5.91 Å². The Morgan fingerprint density at radius 1 is 1.45 bits per heavy atom. The lowest BCUT2D eigenvalue weighted by molar-refractivity contribution is -0.136. The highest BCUT2D eigenvalue weighted by molar-refractivity contribution is 5.77. The molecule has 0 saturated carbocycles. The fourth-order valence-corrected chi connectivity index (χ4v) is 2.41. The maximum Gasteiger partial charge on any atom is 0.254 e. The Balaban J connectivity index is 1.95. The largest absolute Gasteiger partial charge is 0.375 e. The smallest absolute Gasteiger partial charge is 0.254 e. The number of rotatable bonds is 3. The van der Waals surface area contributed by atoms with Gasteiger partial charge in [0.05, 0.1) is 18.4 Å². The highest BCUT2D eigenvalue weighted by atomic mass is 16.5. The van der Waals surface area contributed by atoms with Crippen molar-refractivity contribution in [3.05, 3.63) is 40.2 Å².